The first-order chi connectivity index (χ1) is 14.8. The van der Waals surface area contributed by atoms with E-state index in [-0.39, 0.29) is 24.1 Å². The second-order valence-corrected chi connectivity index (χ2v) is 10.8. The van der Waals surface area contributed by atoms with E-state index in [4.69, 9.17) is 4.98 Å². The van der Waals surface area contributed by atoms with Crippen LogP contribution >= 0.6 is 0 Å². The minimum atomic E-state index is -3.45. The highest BCUT2D eigenvalue weighted by Gasteiger charge is 2.34. The van der Waals surface area contributed by atoms with E-state index in [1.54, 1.807) is 43.3 Å². The van der Waals surface area contributed by atoms with Gasteiger partial charge in [-0.1, -0.05) is 0 Å². The van der Waals surface area contributed by atoms with Crippen molar-refractivity contribution >= 4 is 15.9 Å². The number of pyridine rings is 1. The molecule has 1 atom stereocenters. The molecule has 2 aliphatic heterocycles. The van der Waals surface area contributed by atoms with Crippen molar-refractivity contribution in [3.8, 4) is 0 Å². The van der Waals surface area contributed by atoms with Gasteiger partial charge in [0.25, 0.3) is 11.5 Å². The van der Waals surface area contributed by atoms with Crippen LogP contribution in [-0.4, -0.2) is 56.8 Å². The zero-order chi connectivity index (χ0) is 22.2. The Balaban J connectivity index is 1.64. The van der Waals surface area contributed by atoms with Gasteiger partial charge in [0.15, 0.2) is 0 Å². The molecule has 2 aliphatic rings. The van der Waals surface area contributed by atoms with Crippen LogP contribution in [0.2, 0.25) is 0 Å². The molecular formula is C21H27N5O4S. The molecule has 1 amide bonds. The summed E-state index contributed by atoms with van der Waals surface area (Å²) in [4.78, 5) is 39.3. The van der Waals surface area contributed by atoms with E-state index in [1.807, 2.05) is 0 Å². The summed E-state index contributed by atoms with van der Waals surface area (Å²) in [5, 5.41) is -0.547. The zero-order valence-corrected chi connectivity index (χ0v) is 18.6. The van der Waals surface area contributed by atoms with Crippen LogP contribution in [0.25, 0.3) is 0 Å². The molecule has 0 radical (unpaired) electrons. The average Bonchev–Trinajstić information content (AvgIpc) is 2.78. The van der Waals surface area contributed by atoms with Gasteiger partial charge in [0, 0.05) is 38.4 Å². The summed E-state index contributed by atoms with van der Waals surface area (Å²) in [5.74, 6) is 0.341. The molecule has 0 aromatic carbocycles. The van der Waals surface area contributed by atoms with Crippen molar-refractivity contribution in [2.24, 2.45) is 0 Å². The molecule has 166 valence electrons. The molecule has 0 aliphatic carbocycles. The first-order valence-corrected chi connectivity index (χ1v) is 12.1. The number of hydrogen-bond acceptors (Lipinski definition) is 6. The number of nitrogens with zero attached hydrogens (tertiary/aromatic N) is 4. The second-order valence-electron chi connectivity index (χ2n) is 8.31. The normalized spacial score (nSPS) is 20.0. The maximum absolute atomic E-state index is 13.1. The smallest absolute Gasteiger partial charge is 0.256 e. The summed E-state index contributed by atoms with van der Waals surface area (Å²) < 4.78 is 26.4. The Morgan fingerprint density at radius 2 is 2.06 bits per heavy atom. The lowest BCUT2D eigenvalue weighted by Gasteiger charge is -2.35. The van der Waals surface area contributed by atoms with Gasteiger partial charge >= 0.3 is 0 Å². The van der Waals surface area contributed by atoms with Gasteiger partial charge in [-0.05, 0) is 45.2 Å². The highest BCUT2D eigenvalue weighted by atomic mass is 32.2. The van der Waals surface area contributed by atoms with E-state index < -0.39 is 15.3 Å². The van der Waals surface area contributed by atoms with Crippen molar-refractivity contribution in [3.63, 3.8) is 0 Å². The minimum absolute atomic E-state index is 0.0292. The first-order valence-electron chi connectivity index (χ1n) is 10.6. The summed E-state index contributed by atoms with van der Waals surface area (Å²) in [7, 11) is -3.45. The summed E-state index contributed by atoms with van der Waals surface area (Å²) in [6, 6.07) is 3.13. The predicted octanol–water partition coefficient (Wildman–Crippen LogP) is 1.63. The summed E-state index contributed by atoms with van der Waals surface area (Å²) >= 11 is 0. The number of carbonyl (C=O) groups excluding carboxylic acids is 1. The number of rotatable bonds is 4. The highest BCUT2D eigenvalue weighted by molar-refractivity contribution is 7.89. The Morgan fingerprint density at radius 1 is 1.26 bits per heavy atom. The van der Waals surface area contributed by atoms with Gasteiger partial charge in [-0.25, -0.2) is 13.4 Å². The number of carbonyl (C=O) groups is 1. The number of aromatic nitrogens is 3. The van der Waals surface area contributed by atoms with Gasteiger partial charge in [0.05, 0.1) is 28.1 Å². The van der Waals surface area contributed by atoms with Crippen molar-refractivity contribution in [2.75, 3.05) is 13.1 Å². The molecular weight excluding hydrogens is 418 g/mol. The third-order valence-corrected chi connectivity index (χ3v) is 8.22. The molecule has 0 bridgehead atoms. The van der Waals surface area contributed by atoms with Crippen LogP contribution < -0.4 is 5.56 Å². The largest absolute Gasteiger partial charge is 0.328 e. The quantitative estimate of drug-likeness (QED) is 0.765. The molecule has 0 saturated carbocycles. The van der Waals surface area contributed by atoms with E-state index >= 15 is 0 Å². The van der Waals surface area contributed by atoms with Crippen LogP contribution in [0.3, 0.4) is 0 Å². The summed E-state index contributed by atoms with van der Waals surface area (Å²) in [6.45, 7) is 4.17. The Bertz CT molecular complexity index is 1130. The van der Waals surface area contributed by atoms with Crippen LogP contribution in [-0.2, 0) is 23.0 Å². The number of nitrogens with one attached hydrogen (secondary N) is 1. The maximum Gasteiger partial charge on any atom is 0.256 e. The number of H-pyrrole nitrogens is 1. The molecule has 2 aromatic heterocycles. The van der Waals surface area contributed by atoms with E-state index in [0.717, 1.165) is 12.8 Å². The summed E-state index contributed by atoms with van der Waals surface area (Å²) in [5.41, 5.74) is 1.18. The fraction of sp³-hybridized carbons (Fsp3) is 0.524. The van der Waals surface area contributed by atoms with Crippen molar-refractivity contribution in [2.45, 2.75) is 57.4 Å². The number of amides is 1. The standard InChI is InChI=1S/C21H27N5O4S/c1-14(2)31(29,30)25-11-8-17-16(13-25)20(27)24-19(23-17)18-7-3-4-10-26(18)21(28)15-6-5-9-22-12-15/h5-6,9,12,14,18H,3-4,7-8,10-11,13H2,1-2H3,(H,23,24,27). The van der Waals surface area contributed by atoms with Crippen LogP contribution in [0.4, 0.5) is 0 Å². The molecule has 2 aromatic rings. The number of likely N-dealkylation sites (tertiary alicyclic amines) is 1. The lowest BCUT2D eigenvalue weighted by atomic mass is 9.99. The van der Waals surface area contributed by atoms with Crippen molar-refractivity contribution < 1.29 is 13.2 Å². The van der Waals surface area contributed by atoms with Crippen LogP contribution in [0.1, 0.15) is 66.6 Å². The molecule has 10 heteroatoms. The Labute approximate surface area is 181 Å². The molecule has 0 spiro atoms. The molecule has 1 unspecified atom stereocenters. The van der Waals surface area contributed by atoms with Crippen LogP contribution in [0, 0.1) is 0 Å². The van der Waals surface area contributed by atoms with Gasteiger partial charge in [0.1, 0.15) is 5.82 Å². The number of piperidine rings is 1. The molecule has 31 heavy (non-hydrogen) atoms. The van der Waals surface area contributed by atoms with Gasteiger partial charge in [-0.2, -0.15) is 4.31 Å². The molecule has 4 heterocycles. The molecule has 9 nitrogen and oxygen atoms in total. The minimum Gasteiger partial charge on any atom is -0.328 e. The number of aromatic amines is 1. The lowest BCUT2D eigenvalue weighted by molar-refractivity contribution is 0.0598. The Hall–Kier alpha value is -2.59. The van der Waals surface area contributed by atoms with Gasteiger partial charge in [0.2, 0.25) is 10.0 Å². The molecule has 1 fully saturated rings. The van der Waals surface area contributed by atoms with E-state index in [0.29, 0.717) is 48.6 Å². The third kappa shape index (κ3) is 4.14. The third-order valence-electron chi connectivity index (χ3n) is 6.00. The Kier molecular flexibility index (Phi) is 5.94. The van der Waals surface area contributed by atoms with E-state index in [9.17, 15) is 18.0 Å². The van der Waals surface area contributed by atoms with Crippen molar-refractivity contribution in [1.29, 1.82) is 0 Å². The number of sulfonamides is 1. The van der Waals surface area contributed by atoms with Crippen LogP contribution in [0.15, 0.2) is 29.3 Å². The SMILES string of the molecule is CC(C)S(=O)(=O)N1CCc2nc(C3CCCCN3C(=O)c3cccnc3)[nH]c(=O)c2C1. The summed E-state index contributed by atoms with van der Waals surface area (Å²) in [6.07, 6.45) is 6.07. The van der Waals surface area contributed by atoms with Crippen molar-refractivity contribution in [3.05, 3.63) is 57.5 Å². The van der Waals surface area contributed by atoms with Crippen molar-refractivity contribution in [1.82, 2.24) is 24.2 Å². The molecule has 4 rings (SSSR count). The lowest BCUT2D eigenvalue weighted by Crippen LogP contribution is -2.44. The Morgan fingerprint density at radius 3 is 2.77 bits per heavy atom. The average molecular weight is 446 g/mol. The van der Waals surface area contributed by atoms with E-state index in [2.05, 4.69) is 9.97 Å². The van der Waals surface area contributed by atoms with Gasteiger partial charge < -0.3 is 9.88 Å². The fourth-order valence-electron chi connectivity index (χ4n) is 4.21. The monoisotopic (exact) mass is 445 g/mol. The van der Waals surface area contributed by atoms with Gasteiger partial charge in [-0.3, -0.25) is 14.6 Å². The van der Waals surface area contributed by atoms with Gasteiger partial charge in [-0.15, -0.1) is 0 Å². The second kappa shape index (κ2) is 8.51. The van der Waals surface area contributed by atoms with Crippen LogP contribution in [0.5, 0.6) is 0 Å². The maximum atomic E-state index is 13.1. The number of hydrogen-bond donors (Lipinski definition) is 1. The zero-order valence-electron chi connectivity index (χ0n) is 17.7. The molecule has 1 N–H and O–H groups in total. The first kappa shape index (κ1) is 21.6. The number of fused-ring (bicyclic) bond motifs is 1. The highest BCUT2D eigenvalue weighted by Crippen LogP contribution is 2.31. The molecule has 1 saturated heterocycles. The predicted molar refractivity (Wildman–Crippen MR) is 115 cm³/mol. The fourth-order valence-corrected chi connectivity index (χ4v) is 5.46. The van der Waals surface area contributed by atoms with E-state index in [1.165, 1.54) is 4.31 Å². The topological polar surface area (TPSA) is 116 Å².